The van der Waals surface area contributed by atoms with Gasteiger partial charge in [0.1, 0.15) is 0 Å². The largest absolute Gasteiger partial charge is 0.505 e. The molecule has 7 heteroatoms. The predicted octanol–water partition coefficient (Wildman–Crippen LogP) is 0.734. The quantitative estimate of drug-likeness (QED) is 0.542. The Bertz CT molecular complexity index is 99.1. The van der Waals surface area contributed by atoms with Gasteiger partial charge >= 0.3 is 12.3 Å². The first kappa shape index (κ1) is 16.5. The summed E-state index contributed by atoms with van der Waals surface area (Å²) < 4.78 is 7.33. The van der Waals surface area contributed by atoms with Crippen LogP contribution in [0.25, 0.3) is 0 Å². The highest BCUT2D eigenvalue weighted by Crippen LogP contribution is 1.61. The van der Waals surface area contributed by atoms with Gasteiger partial charge in [0, 0.05) is 0 Å². The summed E-state index contributed by atoms with van der Waals surface area (Å²) in [6.07, 6.45) is -2.49. The molecule has 0 heterocycles. The molecule has 0 aliphatic rings. The van der Waals surface area contributed by atoms with E-state index in [0.29, 0.717) is 0 Å². The zero-order valence-electron chi connectivity index (χ0n) is 6.03. The third-order valence-electron chi connectivity index (χ3n) is 0.349. The van der Waals surface area contributed by atoms with Crippen LogP contribution >= 0.6 is 13.5 Å². The van der Waals surface area contributed by atoms with Crippen LogP contribution in [0, 0.1) is 0 Å². The van der Waals surface area contributed by atoms with Crippen LogP contribution < -0.4 is 0 Å². The summed E-state index contributed by atoms with van der Waals surface area (Å²) >= 11 is 0. The first-order chi connectivity index (χ1) is 4.54. The topological polar surface area (TPSA) is 93.1 Å². The third-order valence-corrected chi connectivity index (χ3v) is 0.349. The summed E-state index contributed by atoms with van der Waals surface area (Å²) in [5, 5.41) is 15.0. The van der Waals surface area contributed by atoms with Gasteiger partial charge in [0.25, 0.3) is 0 Å². The maximum Gasteiger partial charge on any atom is 0.505 e. The fraction of sp³-hybridized carbons (Fsp3) is 0.500. The molecule has 6 nitrogen and oxygen atoms in total. The van der Waals surface area contributed by atoms with Crippen molar-refractivity contribution in [2.24, 2.45) is 0 Å². The molecule has 0 aromatic rings. The Balaban J connectivity index is -0.000000107. The maximum atomic E-state index is 9.15. The van der Waals surface area contributed by atoms with Crippen LogP contribution in [0.15, 0.2) is 0 Å². The molecule has 0 fully saturated rings. The van der Waals surface area contributed by atoms with E-state index in [0.717, 1.165) is 14.2 Å². The van der Waals surface area contributed by atoms with Crippen molar-refractivity contribution < 1.29 is 29.3 Å². The van der Waals surface area contributed by atoms with Gasteiger partial charge in [0.2, 0.25) is 0 Å². The van der Waals surface area contributed by atoms with E-state index in [2.05, 4.69) is 9.47 Å². The van der Waals surface area contributed by atoms with Crippen LogP contribution in [0.1, 0.15) is 0 Å². The molecule has 2 N–H and O–H groups in total. The van der Waals surface area contributed by atoms with Crippen LogP contribution in [0.5, 0.6) is 0 Å². The molecule has 0 spiro atoms. The monoisotopic (exact) mass is 186 g/mol. The first-order valence-corrected chi connectivity index (χ1v) is 2.08. The lowest BCUT2D eigenvalue weighted by atomic mass is 11.4. The van der Waals surface area contributed by atoms with E-state index in [-0.39, 0.29) is 13.5 Å². The number of carbonyl (C=O) groups is 2. The summed E-state index contributed by atoms with van der Waals surface area (Å²) in [5.74, 6) is 0. The fourth-order valence-electron chi connectivity index (χ4n) is 0. The Morgan fingerprint density at radius 2 is 1.09 bits per heavy atom. The molecule has 68 valence electrons. The zero-order chi connectivity index (χ0) is 8.57. The second-order valence-corrected chi connectivity index (χ2v) is 0.940. The van der Waals surface area contributed by atoms with Crippen molar-refractivity contribution in [3.8, 4) is 0 Å². The SMILES string of the molecule is COC(=O)O.COC(=O)O.S. The average Bonchev–Trinajstić information content (AvgIpc) is 1.89. The first-order valence-electron chi connectivity index (χ1n) is 2.08. The van der Waals surface area contributed by atoms with E-state index in [9.17, 15) is 0 Å². The summed E-state index contributed by atoms with van der Waals surface area (Å²) in [7, 11) is 2.20. The second kappa shape index (κ2) is 11.7. The molecule has 0 aliphatic carbocycles. The average molecular weight is 186 g/mol. The van der Waals surface area contributed by atoms with Crippen molar-refractivity contribution in [1.29, 1.82) is 0 Å². The molecule has 0 atom stereocenters. The molecular weight excluding hydrogens is 176 g/mol. The molecule has 0 aliphatic heterocycles. The Labute approximate surface area is 70.2 Å². The molecular formula is C4H10O6S. The van der Waals surface area contributed by atoms with Crippen LogP contribution in [0.2, 0.25) is 0 Å². The van der Waals surface area contributed by atoms with Crippen molar-refractivity contribution in [3.63, 3.8) is 0 Å². The van der Waals surface area contributed by atoms with Crippen molar-refractivity contribution in [3.05, 3.63) is 0 Å². The molecule has 0 radical (unpaired) electrons. The highest BCUT2D eigenvalue weighted by molar-refractivity contribution is 7.59. The number of hydrogen-bond donors (Lipinski definition) is 2. The number of hydrogen-bond acceptors (Lipinski definition) is 4. The Kier molecular flexibility index (Phi) is 17.4. The summed E-state index contributed by atoms with van der Waals surface area (Å²) in [6, 6.07) is 0. The van der Waals surface area contributed by atoms with Gasteiger partial charge in [-0.1, -0.05) is 0 Å². The van der Waals surface area contributed by atoms with Gasteiger partial charge < -0.3 is 19.7 Å². The lowest BCUT2D eigenvalue weighted by Crippen LogP contribution is -1.91. The molecule has 0 saturated carbocycles. The maximum absolute atomic E-state index is 9.15. The van der Waals surface area contributed by atoms with E-state index < -0.39 is 12.3 Å². The van der Waals surface area contributed by atoms with E-state index in [1.54, 1.807) is 0 Å². The van der Waals surface area contributed by atoms with Gasteiger partial charge in [-0.2, -0.15) is 13.5 Å². The van der Waals surface area contributed by atoms with Crippen LogP contribution in [-0.2, 0) is 9.47 Å². The van der Waals surface area contributed by atoms with Crippen molar-refractivity contribution in [1.82, 2.24) is 0 Å². The normalized spacial score (nSPS) is 6.00. The molecule has 0 bridgehead atoms. The smallest absolute Gasteiger partial charge is 0.450 e. The lowest BCUT2D eigenvalue weighted by Gasteiger charge is -1.79. The molecule has 0 amide bonds. The third kappa shape index (κ3) is 50.5. The van der Waals surface area contributed by atoms with Gasteiger partial charge in [-0.25, -0.2) is 9.59 Å². The van der Waals surface area contributed by atoms with E-state index in [1.165, 1.54) is 0 Å². The number of methoxy groups -OCH3 is 2. The standard InChI is InChI=1S/2C2H4O3.H2S/c2*1-5-2(3)4;/h2*1H3,(H,3,4);1H2. The van der Waals surface area contributed by atoms with Gasteiger partial charge in [-0.3, -0.25) is 0 Å². The molecule has 0 aromatic heterocycles. The number of rotatable bonds is 0. The minimum atomic E-state index is -1.25. The lowest BCUT2D eigenvalue weighted by molar-refractivity contribution is 0.112. The Hall–Kier alpha value is -1.11. The summed E-state index contributed by atoms with van der Waals surface area (Å²) in [4.78, 5) is 18.3. The second-order valence-electron chi connectivity index (χ2n) is 0.940. The number of ether oxygens (including phenoxy) is 2. The fourth-order valence-corrected chi connectivity index (χ4v) is 0. The van der Waals surface area contributed by atoms with Gasteiger partial charge in [0.15, 0.2) is 0 Å². The molecule has 11 heavy (non-hydrogen) atoms. The van der Waals surface area contributed by atoms with Gasteiger partial charge in [0.05, 0.1) is 14.2 Å². The molecule has 0 saturated heterocycles. The summed E-state index contributed by atoms with van der Waals surface area (Å²) in [6.45, 7) is 0. The van der Waals surface area contributed by atoms with Crippen molar-refractivity contribution in [2.75, 3.05) is 14.2 Å². The zero-order valence-corrected chi connectivity index (χ0v) is 7.03. The molecule has 0 aromatic carbocycles. The predicted molar refractivity (Wildman–Crippen MR) is 40.4 cm³/mol. The van der Waals surface area contributed by atoms with Crippen LogP contribution in [0.3, 0.4) is 0 Å². The highest BCUT2D eigenvalue weighted by atomic mass is 32.1. The number of carboxylic acid groups (broad SMARTS) is 2. The minimum Gasteiger partial charge on any atom is -0.450 e. The molecule has 0 unspecified atom stereocenters. The van der Waals surface area contributed by atoms with Crippen molar-refractivity contribution in [2.45, 2.75) is 0 Å². The van der Waals surface area contributed by atoms with Gasteiger partial charge in [-0.05, 0) is 0 Å². The Morgan fingerprint density at radius 3 is 1.09 bits per heavy atom. The van der Waals surface area contributed by atoms with Gasteiger partial charge in [-0.15, -0.1) is 0 Å². The van der Waals surface area contributed by atoms with E-state index >= 15 is 0 Å². The van der Waals surface area contributed by atoms with Crippen LogP contribution in [-0.4, -0.2) is 36.7 Å². The van der Waals surface area contributed by atoms with E-state index in [1.807, 2.05) is 0 Å². The van der Waals surface area contributed by atoms with Crippen LogP contribution in [0.4, 0.5) is 9.59 Å². The van der Waals surface area contributed by atoms with E-state index in [4.69, 9.17) is 19.8 Å². The minimum absolute atomic E-state index is 0. The molecule has 0 rings (SSSR count). The Morgan fingerprint density at radius 1 is 1.00 bits per heavy atom. The van der Waals surface area contributed by atoms with Crippen molar-refractivity contribution >= 4 is 25.8 Å². The summed E-state index contributed by atoms with van der Waals surface area (Å²) in [5.41, 5.74) is 0. The highest BCUT2D eigenvalue weighted by Gasteiger charge is 1.81.